The molecule has 20 heavy (non-hydrogen) atoms. The lowest BCUT2D eigenvalue weighted by atomic mass is 10.1. The van der Waals surface area contributed by atoms with E-state index in [1.54, 1.807) is 6.92 Å². The van der Waals surface area contributed by atoms with E-state index < -0.39 is 6.10 Å². The Kier molecular flexibility index (Phi) is 5.01. The van der Waals surface area contributed by atoms with Crippen LogP contribution >= 0.6 is 0 Å². The molecule has 0 radical (unpaired) electrons. The van der Waals surface area contributed by atoms with Gasteiger partial charge in [0.25, 0.3) is 5.91 Å². The van der Waals surface area contributed by atoms with Crippen LogP contribution in [0, 0.1) is 0 Å². The molecule has 1 amide bonds. The second-order valence-corrected chi connectivity index (χ2v) is 5.61. The van der Waals surface area contributed by atoms with Crippen LogP contribution in [0.1, 0.15) is 51.1 Å². The van der Waals surface area contributed by atoms with Gasteiger partial charge in [0.2, 0.25) is 0 Å². The molecule has 110 valence electrons. The molecule has 1 saturated carbocycles. The Hall–Kier alpha value is -1.55. The van der Waals surface area contributed by atoms with E-state index in [2.05, 4.69) is 5.32 Å². The Morgan fingerprint density at radius 1 is 1.25 bits per heavy atom. The van der Waals surface area contributed by atoms with Crippen molar-refractivity contribution in [3.05, 3.63) is 29.8 Å². The number of nitrogens with two attached hydrogens (primary N) is 1. The maximum absolute atomic E-state index is 12.0. The van der Waals surface area contributed by atoms with Crippen molar-refractivity contribution in [1.29, 1.82) is 0 Å². The third kappa shape index (κ3) is 3.97. The first-order chi connectivity index (χ1) is 9.56. The number of hydrogen-bond acceptors (Lipinski definition) is 3. The molecular formula is C16H24N2O2. The fourth-order valence-electron chi connectivity index (χ4n) is 2.50. The smallest absolute Gasteiger partial charge is 0.260 e. The molecule has 0 heterocycles. The first-order valence-corrected chi connectivity index (χ1v) is 7.39. The van der Waals surface area contributed by atoms with Crippen LogP contribution in [0.25, 0.3) is 0 Å². The molecule has 1 aliphatic rings. The number of hydrogen-bond donors (Lipinski definition) is 2. The lowest BCUT2D eigenvalue weighted by molar-refractivity contribution is -0.127. The third-order valence-corrected chi connectivity index (χ3v) is 3.79. The summed E-state index contributed by atoms with van der Waals surface area (Å²) >= 11 is 0. The van der Waals surface area contributed by atoms with Gasteiger partial charge in [0.15, 0.2) is 6.10 Å². The van der Waals surface area contributed by atoms with E-state index in [9.17, 15) is 4.79 Å². The number of carbonyl (C=O) groups is 1. The van der Waals surface area contributed by atoms with E-state index in [1.807, 2.05) is 31.2 Å². The topological polar surface area (TPSA) is 64.3 Å². The van der Waals surface area contributed by atoms with Gasteiger partial charge in [0.1, 0.15) is 5.75 Å². The molecular weight excluding hydrogens is 252 g/mol. The highest BCUT2D eigenvalue weighted by Crippen LogP contribution is 2.19. The van der Waals surface area contributed by atoms with Crippen molar-refractivity contribution >= 4 is 5.91 Å². The highest BCUT2D eigenvalue weighted by molar-refractivity contribution is 5.81. The van der Waals surface area contributed by atoms with Crippen LogP contribution in [-0.2, 0) is 4.79 Å². The molecule has 0 spiro atoms. The van der Waals surface area contributed by atoms with Crippen LogP contribution in [0.3, 0.4) is 0 Å². The molecule has 4 nitrogen and oxygen atoms in total. The van der Waals surface area contributed by atoms with Crippen molar-refractivity contribution in [2.45, 2.75) is 57.7 Å². The van der Waals surface area contributed by atoms with Crippen LogP contribution in [0.2, 0.25) is 0 Å². The maximum atomic E-state index is 12.0. The maximum Gasteiger partial charge on any atom is 0.260 e. The van der Waals surface area contributed by atoms with Gasteiger partial charge in [-0.3, -0.25) is 4.79 Å². The standard InChI is InChI=1S/C16H24N2O2/c1-11(17)13-7-9-15(10-8-13)20-12(2)16(19)18-14-5-3-4-6-14/h7-12,14H,3-6,17H2,1-2H3,(H,18,19)/t11-,12?/m1/s1. The lowest BCUT2D eigenvalue weighted by Gasteiger charge is -2.18. The second-order valence-electron chi connectivity index (χ2n) is 5.61. The SMILES string of the molecule is CC(Oc1ccc([C@@H](C)N)cc1)C(=O)NC1CCCC1. The molecule has 1 unspecified atom stereocenters. The Balaban J connectivity index is 1.86. The van der Waals surface area contributed by atoms with Crippen molar-refractivity contribution in [3.63, 3.8) is 0 Å². The van der Waals surface area contributed by atoms with Gasteiger partial charge in [-0.05, 0) is 44.4 Å². The molecule has 2 atom stereocenters. The molecule has 1 fully saturated rings. The Morgan fingerprint density at radius 3 is 2.40 bits per heavy atom. The van der Waals surface area contributed by atoms with E-state index in [-0.39, 0.29) is 11.9 Å². The zero-order chi connectivity index (χ0) is 14.5. The molecule has 1 aromatic carbocycles. The van der Waals surface area contributed by atoms with Gasteiger partial charge in [0.05, 0.1) is 0 Å². The van der Waals surface area contributed by atoms with Gasteiger partial charge in [-0.2, -0.15) is 0 Å². The number of amides is 1. The van der Waals surface area contributed by atoms with Gasteiger partial charge in [-0.25, -0.2) is 0 Å². The van der Waals surface area contributed by atoms with Gasteiger partial charge < -0.3 is 15.8 Å². The monoisotopic (exact) mass is 276 g/mol. The zero-order valence-corrected chi connectivity index (χ0v) is 12.3. The first kappa shape index (κ1) is 14.9. The minimum Gasteiger partial charge on any atom is -0.481 e. The predicted octanol–water partition coefficient (Wildman–Crippen LogP) is 2.53. The van der Waals surface area contributed by atoms with Gasteiger partial charge in [0, 0.05) is 12.1 Å². The van der Waals surface area contributed by atoms with Crippen LogP contribution in [0.5, 0.6) is 5.75 Å². The minimum absolute atomic E-state index is 0.00661. The Morgan fingerprint density at radius 2 is 1.85 bits per heavy atom. The normalized spacial score (nSPS) is 18.6. The summed E-state index contributed by atoms with van der Waals surface area (Å²) in [5, 5.41) is 3.04. The zero-order valence-electron chi connectivity index (χ0n) is 12.3. The average Bonchev–Trinajstić information content (AvgIpc) is 2.92. The van der Waals surface area contributed by atoms with Crippen molar-refractivity contribution in [2.24, 2.45) is 5.73 Å². The highest BCUT2D eigenvalue weighted by atomic mass is 16.5. The van der Waals surface area contributed by atoms with E-state index in [0.29, 0.717) is 11.8 Å². The van der Waals surface area contributed by atoms with Crippen molar-refractivity contribution in [3.8, 4) is 5.75 Å². The summed E-state index contributed by atoms with van der Waals surface area (Å²) in [5.41, 5.74) is 6.86. The predicted molar refractivity (Wildman–Crippen MR) is 79.5 cm³/mol. The van der Waals surface area contributed by atoms with Gasteiger partial charge in [-0.15, -0.1) is 0 Å². The van der Waals surface area contributed by atoms with E-state index in [4.69, 9.17) is 10.5 Å². The number of benzene rings is 1. The summed E-state index contributed by atoms with van der Waals surface area (Å²) in [6.45, 7) is 3.72. The van der Waals surface area contributed by atoms with Gasteiger partial charge in [-0.1, -0.05) is 25.0 Å². The Labute approximate surface area is 120 Å². The van der Waals surface area contributed by atoms with Crippen molar-refractivity contribution in [1.82, 2.24) is 5.32 Å². The molecule has 4 heteroatoms. The number of nitrogens with one attached hydrogen (secondary N) is 1. The van der Waals surface area contributed by atoms with Crippen LogP contribution in [0.15, 0.2) is 24.3 Å². The summed E-state index contributed by atoms with van der Waals surface area (Å²) in [5.74, 6) is 0.664. The fraction of sp³-hybridized carbons (Fsp3) is 0.562. The number of carbonyl (C=O) groups excluding carboxylic acids is 1. The quantitative estimate of drug-likeness (QED) is 0.868. The Bertz CT molecular complexity index is 436. The molecule has 0 aromatic heterocycles. The highest BCUT2D eigenvalue weighted by Gasteiger charge is 2.21. The van der Waals surface area contributed by atoms with Crippen molar-refractivity contribution < 1.29 is 9.53 Å². The molecule has 0 saturated heterocycles. The largest absolute Gasteiger partial charge is 0.481 e. The summed E-state index contributed by atoms with van der Waals surface area (Å²) in [6.07, 6.45) is 4.11. The summed E-state index contributed by atoms with van der Waals surface area (Å²) in [6, 6.07) is 7.92. The summed E-state index contributed by atoms with van der Waals surface area (Å²) in [4.78, 5) is 12.0. The number of rotatable bonds is 5. The molecule has 0 aliphatic heterocycles. The first-order valence-electron chi connectivity index (χ1n) is 7.39. The van der Waals surface area contributed by atoms with Crippen LogP contribution in [0.4, 0.5) is 0 Å². The second kappa shape index (κ2) is 6.75. The third-order valence-electron chi connectivity index (χ3n) is 3.79. The molecule has 0 bridgehead atoms. The molecule has 1 aliphatic carbocycles. The summed E-state index contributed by atoms with van der Waals surface area (Å²) in [7, 11) is 0. The fourth-order valence-corrected chi connectivity index (χ4v) is 2.50. The lowest BCUT2D eigenvalue weighted by Crippen LogP contribution is -2.41. The van der Waals surface area contributed by atoms with E-state index >= 15 is 0 Å². The molecule has 1 aromatic rings. The number of ether oxygens (including phenoxy) is 1. The molecule has 2 rings (SSSR count). The van der Waals surface area contributed by atoms with Crippen LogP contribution in [-0.4, -0.2) is 18.1 Å². The summed E-state index contributed by atoms with van der Waals surface area (Å²) < 4.78 is 5.67. The van der Waals surface area contributed by atoms with Crippen LogP contribution < -0.4 is 15.8 Å². The van der Waals surface area contributed by atoms with Gasteiger partial charge >= 0.3 is 0 Å². The van der Waals surface area contributed by atoms with E-state index in [0.717, 1.165) is 18.4 Å². The minimum atomic E-state index is -0.475. The molecule has 3 N–H and O–H groups in total. The average molecular weight is 276 g/mol. The van der Waals surface area contributed by atoms with Crippen molar-refractivity contribution in [2.75, 3.05) is 0 Å². The van der Waals surface area contributed by atoms with E-state index in [1.165, 1.54) is 12.8 Å².